The second-order valence-electron chi connectivity index (χ2n) is 4.64. The summed E-state index contributed by atoms with van der Waals surface area (Å²) in [5.74, 6) is 1.73. The Morgan fingerprint density at radius 1 is 1.29 bits per heavy atom. The van der Waals surface area contributed by atoms with Gasteiger partial charge in [-0.3, -0.25) is 0 Å². The molecular weight excluding hydrogens is 210 g/mol. The van der Waals surface area contributed by atoms with Crippen LogP contribution in [0.1, 0.15) is 39.2 Å². The van der Waals surface area contributed by atoms with Gasteiger partial charge in [0.25, 0.3) is 0 Å². The molecule has 0 fully saturated rings. The zero-order valence-corrected chi connectivity index (χ0v) is 11.3. The summed E-state index contributed by atoms with van der Waals surface area (Å²) in [7, 11) is 0. The molecular formula is C15H25NO. The van der Waals surface area contributed by atoms with E-state index in [1.54, 1.807) is 0 Å². The van der Waals surface area contributed by atoms with E-state index in [1.807, 2.05) is 6.07 Å². The Balaban J connectivity index is 2.37. The van der Waals surface area contributed by atoms with Gasteiger partial charge in [0.05, 0.1) is 6.61 Å². The first-order valence-electron chi connectivity index (χ1n) is 6.68. The quantitative estimate of drug-likeness (QED) is 0.743. The van der Waals surface area contributed by atoms with Crippen molar-refractivity contribution in [3.05, 3.63) is 29.8 Å². The molecule has 96 valence electrons. The van der Waals surface area contributed by atoms with Crippen molar-refractivity contribution in [1.82, 2.24) is 5.32 Å². The van der Waals surface area contributed by atoms with Crippen molar-refractivity contribution in [3.8, 4) is 5.75 Å². The van der Waals surface area contributed by atoms with E-state index in [2.05, 4.69) is 44.3 Å². The second-order valence-corrected chi connectivity index (χ2v) is 4.64. The first-order valence-corrected chi connectivity index (χ1v) is 6.68. The first kappa shape index (κ1) is 14.0. The van der Waals surface area contributed by atoms with Crippen molar-refractivity contribution in [2.24, 2.45) is 5.92 Å². The summed E-state index contributed by atoms with van der Waals surface area (Å²) >= 11 is 0. The Kier molecular flexibility index (Phi) is 6.71. The number of nitrogens with one attached hydrogen (secondary N) is 1. The molecule has 0 saturated heterocycles. The lowest BCUT2D eigenvalue weighted by atomic mass is 10.1. The number of rotatable bonds is 8. The van der Waals surface area contributed by atoms with Crippen LogP contribution in [-0.4, -0.2) is 13.2 Å². The minimum Gasteiger partial charge on any atom is -0.494 e. The van der Waals surface area contributed by atoms with E-state index in [4.69, 9.17) is 4.74 Å². The van der Waals surface area contributed by atoms with Gasteiger partial charge in [-0.25, -0.2) is 0 Å². The topological polar surface area (TPSA) is 21.3 Å². The van der Waals surface area contributed by atoms with E-state index in [9.17, 15) is 0 Å². The molecule has 17 heavy (non-hydrogen) atoms. The summed E-state index contributed by atoms with van der Waals surface area (Å²) in [4.78, 5) is 0. The summed E-state index contributed by atoms with van der Waals surface area (Å²) in [5, 5.41) is 3.48. The van der Waals surface area contributed by atoms with Gasteiger partial charge in [-0.1, -0.05) is 39.3 Å². The third-order valence-electron chi connectivity index (χ3n) is 2.89. The molecule has 0 heterocycles. The molecule has 1 N–H and O–H groups in total. The smallest absolute Gasteiger partial charge is 0.119 e. The Hall–Kier alpha value is -1.02. The molecule has 0 aliphatic heterocycles. The predicted octanol–water partition coefficient (Wildman–Crippen LogP) is 3.61. The summed E-state index contributed by atoms with van der Waals surface area (Å²) < 4.78 is 5.62. The normalized spacial score (nSPS) is 12.4. The highest BCUT2D eigenvalue weighted by molar-refractivity contribution is 5.28. The summed E-state index contributed by atoms with van der Waals surface area (Å²) in [6.45, 7) is 9.42. The van der Waals surface area contributed by atoms with Crippen LogP contribution >= 0.6 is 0 Å². The standard InChI is InChI=1S/C15H25NO/c1-4-9-17-15-8-6-7-14(10-15)12-16-11-13(3)5-2/h6-8,10,13,16H,4-5,9,11-12H2,1-3H3. The molecule has 0 saturated carbocycles. The van der Waals surface area contributed by atoms with E-state index in [-0.39, 0.29) is 0 Å². The maximum atomic E-state index is 5.62. The van der Waals surface area contributed by atoms with E-state index in [0.717, 1.165) is 37.8 Å². The fraction of sp³-hybridized carbons (Fsp3) is 0.600. The lowest BCUT2D eigenvalue weighted by Gasteiger charge is -2.11. The predicted molar refractivity (Wildman–Crippen MR) is 73.4 cm³/mol. The van der Waals surface area contributed by atoms with Crippen LogP contribution in [0.25, 0.3) is 0 Å². The maximum Gasteiger partial charge on any atom is 0.119 e. The van der Waals surface area contributed by atoms with Gasteiger partial charge in [0.2, 0.25) is 0 Å². The molecule has 0 radical (unpaired) electrons. The Morgan fingerprint density at radius 3 is 2.82 bits per heavy atom. The molecule has 1 rings (SSSR count). The van der Waals surface area contributed by atoms with Crippen LogP contribution in [0, 0.1) is 5.92 Å². The van der Waals surface area contributed by atoms with Crippen molar-refractivity contribution in [2.45, 2.75) is 40.2 Å². The highest BCUT2D eigenvalue weighted by Gasteiger charge is 1.99. The van der Waals surface area contributed by atoms with Gasteiger partial charge >= 0.3 is 0 Å². The molecule has 1 atom stereocenters. The van der Waals surface area contributed by atoms with Crippen molar-refractivity contribution in [1.29, 1.82) is 0 Å². The zero-order valence-electron chi connectivity index (χ0n) is 11.3. The van der Waals surface area contributed by atoms with E-state index in [1.165, 1.54) is 12.0 Å². The van der Waals surface area contributed by atoms with Crippen molar-refractivity contribution in [2.75, 3.05) is 13.2 Å². The number of hydrogen-bond acceptors (Lipinski definition) is 2. The largest absolute Gasteiger partial charge is 0.494 e. The fourth-order valence-electron chi connectivity index (χ4n) is 1.57. The first-order chi connectivity index (χ1) is 8.26. The van der Waals surface area contributed by atoms with Crippen LogP contribution in [0.2, 0.25) is 0 Å². The van der Waals surface area contributed by atoms with Crippen molar-refractivity contribution in [3.63, 3.8) is 0 Å². The SMILES string of the molecule is CCCOc1cccc(CNCC(C)CC)c1. The molecule has 1 aromatic carbocycles. The molecule has 0 amide bonds. The summed E-state index contributed by atoms with van der Waals surface area (Å²) in [6.07, 6.45) is 2.28. The summed E-state index contributed by atoms with van der Waals surface area (Å²) in [6, 6.07) is 8.35. The lowest BCUT2D eigenvalue weighted by molar-refractivity contribution is 0.317. The molecule has 0 aliphatic carbocycles. The van der Waals surface area contributed by atoms with Crippen LogP contribution in [-0.2, 0) is 6.54 Å². The molecule has 0 spiro atoms. The van der Waals surface area contributed by atoms with Crippen LogP contribution in [0.3, 0.4) is 0 Å². The van der Waals surface area contributed by atoms with Gasteiger partial charge < -0.3 is 10.1 Å². The monoisotopic (exact) mass is 235 g/mol. The van der Waals surface area contributed by atoms with Crippen LogP contribution in [0.15, 0.2) is 24.3 Å². The number of hydrogen-bond donors (Lipinski definition) is 1. The minimum absolute atomic E-state index is 0.745. The third kappa shape index (κ3) is 5.73. The van der Waals surface area contributed by atoms with Gasteiger partial charge in [-0.2, -0.15) is 0 Å². The lowest BCUT2D eigenvalue weighted by Crippen LogP contribution is -2.20. The van der Waals surface area contributed by atoms with Crippen molar-refractivity contribution < 1.29 is 4.74 Å². The van der Waals surface area contributed by atoms with Gasteiger partial charge in [0.1, 0.15) is 5.75 Å². The maximum absolute atomic E-state index is 5.62. The highest BCUT2D eigenvalue weighted by atomic mass is 16.5. The molecule has 2 nitrogen and oxygen atoms in total. The van der Waals surface area contributed by atoms with E-state index < -0.39 is 0 Å². The minimum atomic E-state index is 0.745. The van der Waals surface area contributed by atoms with Gasteiger partial charge in [0, 0.05) is 6.54 Å². The average Bonchev–Trinajstić information content (AvgIpc) is 2.36. The highest BCUT2D eigenvalue weighted by Crippen LogP contribution is 2.13. The van der Waals surface area contributed by atoms with Crippen molar-refractivity contribution >= 4 is 0 Å². The molecule has 0 bridgehead atoms. The van der Waals surface area contributed by atoms with Crippen LogP contribution in [0.4, 0.5) is 0 Å². The Morgan fingerprint density at radius 2 is 2.12 bits per heavy atom. The zero-order chi connectivity index (χ0) is 12.5. The van der Waals surface area contributed by atoms with Gasteiger partial charge in [-0.05, 0) is 36.6 Å². The fourth-order valence-corrected chi connectivity index (χ4v) is 1.57. The average molecular weight is 235 g/mol. The Bertz CT molecular complexity index is 312. The molecule has 2 heteroatoms. The number of benzene rings is 1. The van der Waals surface area contributed by atoms with Gasteiger partial charge in [0.15, 0.2) is 0 Å². The Labute approximate surface area is 105 Å². The van der Waals surface area contributed by atoms with Gasteiger partial charge in [-0.15, -0.1) is 0 Å². The second kappa shape index (κ2) is 8.13. The molecule has 1 aromatic rings. The van der Waals surface area contributed by atoms with Crippen LogP contribution < -0.4 is 10.1 Å². The van der Waals surface area contributed by atoms with Crippen LogP contribution in [0.5, 0.6) is 5.75 Å². The molecule has 1 unspecified atom stereocenters. The number of ether oxygens (including phenoxy) is 1. The third-order valence-corrected chi connectivity index (χ3v) is 2.89. The molecule has 0 aliphatic rings. The summed E-state index contributed by atoms with van der Waals surface area (Å²) in [5.41, 5.74) is 1.29. The van der Waals surface area contributed by atoms with E-state index >= 15 is 0 Å². The molecule has 0 aromatic heterocycles. The van der Waals surface area contributed by atoms with E-state index in [0.29, 0.717) is 0 Å².